The molecule has 0 radical (unpaired) electrons. The molecule has 1 aliphatic rings. The zero-order valence-corrected chi connectivity index (χ0v) is 15.2. The average Bonchev–Trinajstić information content (AvgIpc) is 3.27. The molecule has 0 spiro atoms. The van der Waals surface area contributed by atoms with E-state index in [4.69, 9.17) is 4.42 Å². The Morgan fingerprint density at radius 1 is 1.27 bits per heavy atom. The molecule has 134 valence electrons. The van der Waals surface area contributed by atoms with Gasteiger partial charge in [-0.1, -0.05) is 18.2 Å². The lowest BCUT2D eigenvalue weighted by Gasteiger charge is -2.26. The molecule has 1 aliphatic heterocycles. The van der Waals surface area contributed by atoms with Crippen LogP contribution in [0.5, 0.6) is 0 Å². The highest BCUT2D eigenvalue weighted by atomic mass is 16.3. The van der Waals surface area contributed by atoms with Gasteiger partial charge in [-0.2, -0.15) is 0 Å². The lowest BCUT2D eigenvalue weighted by molar-refractivity contribution is 0.0761. The first kappa shape index (κ1) is 16.8. The van der Waals surface area contributed by atoms with E-state index in [9.17, 15) is 4.79 Å². The molecule has 0 N–H and O–H groups in total. The summed E-state index contributed by atoms with van der Waals surface area (Å²) in [6.45, 7) is 1.86. The summed E-state index contributed by atoms with van der Waals surface area (Å²) in [6, 6.07) is 15.6. The fourth-order valence-electron chi connectivity index (χ4n) is 3.61. The molecule has 2 aromatic carbocycles. The Balaban J connectivity index is 1.55. The smallest absolute Gasteiger partial charge is 0.253 e. The van der Waals surface area contributed by atoms with Gasteiger partial charge >= 0.3 is 0 Å². The van der Waals surface area contributed by atoms with E-state index in [1.165, 1.54) is 6.42 Å². The van der Waals surface area contributed by atoms with Gasteiger partial charge in [0.2, 0.25) is 5.89 Å². The van der Waals surface area contributed by atoms with Crippen LogP contribution >= 0.6 is 0 Å². The number of oxazole rings is 1. The number of hydrogen-bond donors (Lipinski definition) is 0. The molecule has 1 fully saturated rings. The summed E-state index contributed by atoms with van der Waals surface area (Å²) in [5, 5.41) is 0. The van der Waals surface area contributed by atoms with Crippen molar-refractivity contribution >= 4 is 17.0 Å². The van der Waals surface area contributed by atoms with Crippen LogP contribution in [0.15, 0.2) is 52.9 Å². The number of fused-ring (bicyclic) bond motifs is 1. The topological polar surface area (TPSA) is 49.6 Å². The van der Waals surface area contributed by atoms with Crippen molar-refractivity contribution in [2.45, 2.75) is 18.9 Å². The van der Waals surface area contributed by atoms with Crippen molar-refractivity contribution in [3.63, 3.8) is 0 Å². The zero-order valence-electron chi connectivity index (χ0n) is 15.2. The average molecular weight is 349 g/mol. The highest BCUT2D eigenvalue weighted by Crippen LogP contribution is 2.25. The second-order valence-electron chi connectivity index (χ2n) is 7.03. The molecule has 26 heavy (non-hydrogen) atoms. The molecule has 2 heterocycles. The van der Waals surface area contributed by atoms with Crippen molar-refractivity contribution < 1.29 is 9.21 Å². The molecular formula is C21H23N3O2. The van der Waals surface area contributed by atoms with E-state index in [0.29, 0.717) is 17.5 Å². The summed E-state index contributed by atoms with van der Waals surface area (Å²) >= 11 is 0. The van der Waals surface area contributed by atoms with E-state index in [0.717, 1.165) is 36.2 Å². The quantitative estimate of drug-likeness (QED) is 0.721. The standard InChI is InChI=1S/C21H23N3O2/c1-23-12-6-9-17(23)14-24(2)21(25)16-8-5-7-15(13-16)20-22-18-10-3-4-11-19(18)26-20/h3-5,7-8,10-11,13,17H,6,9,12,14H2,1-2H3/t17-/m1/s1. The first-order valence-corrected chi connectivity index (χ1v) is 9.03. The summed E-state index contributed by atoms with van der Waals surface area (Å²) < 4.78 is 5.83. The first-order valence-electron chi connectivity index (χ1n) is 9.03. The van der Waals surface area contributed by atoms with Gasteiger partial charge in [-0.25, -0.2) is 4.98 Å². The monoisotopic (exact) mass is 349 g/mol. The van der Waals surface area contributed by atoms with Crippen molar-refractivity contribution in [2.24, 2.45) is 0 Å². The maximum absolute atomic E-state index is 12.9. The van der Waals surface area contributed by atoms with E-state index in [1.807, 2.05) is 60.5 Å². The Morgan fingerprint density at radius 3 is 2.88 bits per heavy atom. The van der Waals surface area contributed by atoms with Gasteiger partial charge in [0.1, 0.15) is 5.52 Å². The van der Waals surface area contributed by atoms with E-state index >= 15 is 0 Å². The number of likely N-dealkylation sites (tertiary alicyclic amines) is 1. The molecule has 1 aromatic heterocycles. The Kier molecular flexibility index (Phi) is 4.47. The third-order valence-corrected chi connectivity index (χ3v) is 5.15. The van der Waals surface area contributed by atoms with Gasteiger partial charge in [-0.15, -0.1) is 0 Å². The minimum atomic E-state index is 0.0308. The molecule has 5 nitrogen and oxygen atoms in total. The second kappa shape index (κ2) is 6.92. The van der Waals surface area contributed by atoms with Crippen LogP contribution < -0.4 is 0 Å². The predicted octanol–water partition coefficient (Wildman–Crippen LogP) is 3.66. The summed E-state index contributed by atoms with van der Waals surface area (Å²) in [5.74, 6) is 0.572. The van der Waals surface area contributed by atoms with E-state index < -0.39 is 0 Å². The number of hydrogen-bond acceptors (Lipinski definition) is 4. The number of benzene rings is 2. The number of amides is 1. The van der Waals surface area contributed by atoms with Crippen LogP contribution in [0.3, 0.4) is 0 Å². The molecule has 1 atom stereocenters. The molecule has 0 saturated carbocycles. The number of carbonyl (C=O) groups is 1. The van der Waals surface area contributed by atoms with E-state index in [-0.39, 0.29) is 5.91 Å². The van der Waals surface area contributed by atoms with Crippen LogP contribution in [-0.2, 0) is 0 Å². The molecule has 0 aliphatic carbocycles. The molecule has 1 amide bonds. The lowest BCUT2D eigenvalue weighted by atomic mass is 10.1. The molecule has 0 bridgehead atoms. The maximum atomic E-state index is 12.9. The Hall–Kier alpha value is -2.66. The first-order chi connectivity index (χ1) is 12.6. The lowest BCUT2D eigenvalue weighted by Crippen LogP contribution is -2.39. The summed E-state index contributed by atoms with van der Waals surface area (Å²) in [6.07, 6.45) is 2.35. The third kappa shape index (κ3) is 3.22. The van der Waals surface area contributed by atoms with Crippen LogP contribution in [0.25, 0.3) is 22.6 Å². The highest BCUT2D eigenvalue weighted by molar-refractivity contribution is 5.95. The van der Waals surface area contributed by atoms with Crippen molar-refractivity contribution in [3.8, 4) is 11.5 Å². The van der Waals surface area contributed by atoms with Gasteiger partial charge in [0.05, 0.1) is 0 Å². The molecule has 0 unspecified atom stereocenters. The fraction of sp³-hybridized carbons (Fsp3) is 0.333. The van der Waals surface area contributed by atoms with Gasteiger partial charge in [-0.05, 0) is 56.8 Å². The summed E-state index contributed by atoms with van der Waals surface area (Å²) in [4.78, 5) is 21.5. The van der Waals surface area contributed by atoms with Crippen molar-refractivity contribution in [1.29, 1.82) is 0 Å². The molecule has 3 aromatic rings. The number of nitrogens with zero attached hydrogens (tertiary/aromatic N) is 3. The van der Waals surface area contributed by atoms with Crippen molar-refractivity contribution in [2.75, 3.05) is 27.2 Å². The predicted molar refractivity (Wildman–Crippen MR) is 102 cm³/mol. The largest absolute Gasteiger partial charge is 0.436 e. The molecular weight excluding hydrogens is 326 g/mol. The maximum Gasteiger partial charge on any atom is 0.253 e. The van der Waals surface area contributed by atoms with E-state index in [2.05, 4.69) is 16.9 Å². The normalized spacial score (nSPS) is 17.7. The molecule has 5 heteroatoms. The fourth-order valence-corrected chi connectivity index (χ4v) is 3.61. The van der Waals surface area contributed by atoms with E-state index in [1.54, 1.807) is 0 Å². The highest BCUT2D eigenvalue weighted by Gasteiger charge is 2.24. The van der Waals surface area contributed by atoms with Crippen LogP contribution in [-0.4, -0.2) is 53.9 Å². The Labute approximate surface area is 153 Å². The number of carbonyl (C=O) groups excluding carboxylic acids is 1. The van der Waals surface area contributed by atoms with Crippen LogP contribution in [0.2, 0.25) is 0 Å². The number of likely N-dealkylation sites (N-methyl/N-ethyl adjacent to an activating group) is 2. The van der Waals surface area contributed by atoms with Gasteiger partial charge < -0.3 is 14.2 Å². The SMILES string of the molecule is CN(C[C@H]1CCCN1C)C(=O)c1cccc(-c2nc3ccccc3o2)c1. The van der Waals surface area contributed by atoms with Crippen molar-refractivity contribution in [3.05, 3.63) is 54.1 Å². The summed E-state index contributed by atoms with van der Waals surface area (Å²) in [7, 11) is 4.00. The van der Waals surface area contributed by atoms with Gasteiger partial charge in [0, 0.05) is 30.8 Å². The number of rotatable bonds is 4. The van der Waals surface area contributed by atoms with Crippen LogP contribution in [0, 0.1) is 0 Å². The zero-order chi connectivity index (χ0) is 18.1. The molecule has 4 rings (SSSR count). The minimum Gasteiger partial charge on any atom is -0.436 e. The van der Waals surface area contributed by atoms with Gasteiger partial charge in [0.25, 0.3) is 5.91 Å². The van der Waals surface area contributed by atoms with Crippen LogP contribution in [0.1, 0.15) is 23.2 Å². The Morgan fingerprint density at radius 2 is 2.12 bits per heavy atom. The second-order valence-corrected chi connectivity index (χ2v) is 7.03. The van der Waals surface area contributed by atoms with Gasteiger partial charge in [-0.3, -0.25) is 4.79 Å². The number of para-hydroxylation sites is 2. The molecule has 1 saturated heterocycles. The van der Waals surface area contributed by atoms with Crippen LogP contribution in [0.4, 0.5) is 0 Å². The number of aromatic nitrogens is 1. The van der Waals surface area contributed by atoms with Gasteiger partial charge in [0.15, 0.2) is 5.58 Å². The Bertz CT molecular complexity index is 901. The summed E-state index contributed by atoms with van der Waals surface area (Å²) in [5.41, 5.74) is 3.05. The van der Waals surface area contributed by atoms with Crippen molar-refractivity contribution in [1.82, 2.24) is 14.8 Å². The third-order valence-electron chi connectivity index (χ3n) is 5.15. The minimum absolute atomic E-state index is 0.0308.